The molecule has 9 rings (SSSR count). The normalized spacial score (nSPS) is 21.8. The van der Waals surface area contributed by atoms with Gasteiger partial charge in [-0.25, -0.2) is 15.0 Å². The number of fused-ring (bicyclic) bond motifs is 1. The van der Waals surface area contributed by atoms with Crippen LogP contribution in [-0.4, -0.2) is 131 Å². The lowest BCUT2D eigenvalue weighted by Gasteiger charge is -2.43. The maximum absolute atomic E-state index is 13.1. The number of nitrogens with zero attached hydrogens (tertiary/aromatic N) is 10. The lowest BCUT2D eigenvalue weighted by molar-refractivity contribution is -0.222. The highest BCUT2D eigenvalue weighted by Crippen LogP contribution is 2.35. The second kappa shape index (κ2) is 17.9. The standard InChI is InChI=1S/C46H61N11O3/c1-52(2)45(60)40-29-34-30-48-46(51-43(34)57(40)37-5-3-4-6-37)49-41-13-11-38(31-47-41)56-27-25-55(26-28-56)36-18-21-53(22-19-36)20-15-32-16-23-54(24-17-32)35-9-7-33(8-10-35)39-12-14-42(58)50-44(39)59/h7-11,13,29-32,36-37,39H,3-6,12,14-28H2,1-2H3,(H,50,58,59)(H,47,48,49,51)/p-1. The van der Waals surface area contributed by atoms with Crippen molar-refractivity contribution in [2.45, 2.75) is 88.6 Å². The second-order valence-corrected chi connectivity index (χ2v) is 17.9. The van der Waals surface area contributed by atoms with Crippen LogP contribution in [-0.2, 0) is 4.79 Å². The Kier molecular flexibility index (Phi) is 12.0. The quantitative estimate of drug-likeness (QED) is 0.207. The zero-order chi connectivity index (χ0) is 41.2. The minimum atomic E-state index is -0.294. The molecule has 0 spiro atoms. The molecule has 1 aromatic carbocycles. The SMILES string of the molecule is CN(C)C(=O)c1cc2cnc(Nc3ccc(N4CCN(C5CCN(CCC6CCN(c7ccc(C8CCC(=O)N=C8[O-])cc7)CC6)CC5)CC4)cn3)nc2n1C1CCCC1. The van der Waals surface area contributed by atoms with Crippen LogP contribution < -0.4 is 20.2 Å². The van der Waals surface area contributed by atoms with Crippen LogP contribution in [0.15, 0.2) is 59.9 Å². The molecule has 60 heavy (non-hydrogen) atoms. The molecular weight excluding hydrogens is 755 g/mol. The summed E-state index contributed by atoms with van der Waals surface area (Å²) in [5, 5.41) is 16.4. The van der Waals surface area contributed by atoms with Crippen molar-refractivity contribution in [1.29, 1.82) is 0 Å². The van der Waals surface area contributed by atoms with E-state index in [0.29, 0.717) is 36.3 Å². The maximum Gasteiger partial charge on any atom is 0.270 e. The number of carbonyl (C=O) groups excluding carboxylic acids is 2. The minimum Gasteiger partial charge on any atom is -0.861 e. The Morgan fingerprint density at radius 1 is 0.800 bits per heavy atom. The van der Waals surface area contributed by atoms with Crippen molar-refractivity contribution in [2.24, 2.45) is 10.9 Å². The summed E-state index contributed by atoms with van der Waals surface area (Å²) < 4.78 is 2.14. The van der Waals surface area contributed by atoms with Gasteiger partial charge in [0.25, 0.3) is 5.91 Å². The number of aromatic nitrogens is 4. The summed E-state index contributed by atoms with van der Waals surface area (Å²) in [6.45, 7) is 9.90. The second-order valence-electron chi connectivity index (χ2n) is 17.9. The molecule has 7 heterocycles. The van der Waals surface area contributed by atoms with Crippen LogP contribution in [0.3, 0.4) is 0 Å². The number of likely N-dealkylation sites (tertiary alicyclic amines) is 1. The molecule has 3 saturated heterocycles. The van der Waals surface area contributed by atoms with E-state index in [4.69, 9.17) is 9.97 Å². The highest BCUT2D eigenvalue weighted by molar-refractivity contribution is 5.98. The number of anilines is 4. The first kappa shape index (κ1) is 40.3. The first-order valence-electron chi connectivity index (χ1n) is 22.4. The van der Waals surface area contributed by atoms with Crippen molar-refractivity contribution in [1.82, 2.24) is 34.2 Å². The van der Waals surface area contributed by atoms with Crippen LogP contribution in [0, 0.1) is 5.92 Å². The molecule has 14 heteroatoms. The molecule has 1 atom stereocenters. The van der Waals surface area contributed by atoms with Gasteiger partial charge in [0, 0.05) is 95.1 Å². The monoisotopic (exact) mass is 814 g/mol. The molecule has 1 unspecified atom stereocenters. The Bertz CT molecular complexity index is 2140. The van der Waals surface area contributed by atoms with Crippen molar-refractivity contribution in [2.75, 3.05) is 88.1 Å². The van der Waals surface area contributed by atoms with Crippen molar-refractivity contribution in [3.63, 3.8) is 0 Å². The topological polar surface area (TPSA) is 141 Å². The third-order valence-electron chi connectivity index (χ3n) is 13.9. The average Bonchev–Trinajstić information content (AvgIpc) is 3.95. The Morgan fingerprint density at radius 3 is 2.20 bits per heavy atom. The smallest absolute Gasteiger partial charge is 0.270 e. The van der Waals surface area contributed by atoms with Gasteiger partial charge < -0.3 is 34.6 Å². The molecule has 1 N–H and O–H groups in total. The summed E-state index contributed by atoms with van der Waals surface area (Å²) >= 11 is 0. The molecule has 318 valence electrons. The third kappa shape index (κ3) is 8.86. The Labute approximate surface area is 353 Å². The Balaban J connectivity index is 0.697. The molecule has 14 nitrogen and oxygen atoms in total. The molecule has 4 aliphatic heterocycles. The summed E-state index contributed by atoms with van der Waals surface area (Å²) in [4.78, 5) is 54.5. The zero-order valence-corrected chi connectivity index (χ0v) is 35.3. The number of nitrogens with one attached hydrogen (secondary N) is 1. The predicted octanol–water partition coefficient (Wildman–Crippen LogP) is 5.44. The molecule has 0 radical (unpaired) electrons. The number of hydrogen-bond acceptors (Lipinski definition) is 11. The van der Waals surface area contributed by atoms with Gasteiger partial charge in [0.15, 0.2) is 0 Å². The van der Waals surface area contributed by atoms with Crippen molar-refractivity contribution < 1.29 is 14.7 Å². The van der Waals surface area contributed by atoms with Crippen molar-refractivity contribution in [3.8, 4) is 0 Å². The number of benzene rings is 1. The van der Waals surface area contributed by atoms with E-state index >= 15 is 0 Å². The lowest BCUT2D eigenvalue weighted by Crippen LogP contribution is -2.53. The van der Waals surface area contributed by atoms with Gasteiger partial charge in [-0.3, -0.25) is 14.5 Å². The predicted molar refractivity (Wildman–Crippen MR) is 234 cm³/mol. The fourth-order valence-electron chi connectivity index (χ4n) is 10.3. The summed E-state index contributed by atoms with van der Waals surface area (Å²) in [6.07, 6.45) is 15.4. The van der Waals surface area contributed by atoms with Crippen molar-refractivity contribution >= 4 is 51.9 Å². The van der Waals surface area contributed by atoms with Gasteiger partial charge in [-0.15, -0.1) is 0 Å². The number of piperazine rings is 1. The number of amides is 2. The lowest BCUT2D eigenvalue weighted by atomic mass is 9.91. The van der Waals surface area contributed by atoms with Crippen LogP contribution in [0.4, 0.5) is 23.1 Å². The van der Waals surface area contributed by atoms with Gasteiger partial charge in [-0.2, -0.15) is 4.98 Å². The van der Waals surface area contributed by atoms with E-state index in [1.165, 1.54) is 70.3 Å². The first-order valence-corrected chi connectivity index (χ1v) is 22.4. The molecule has 1 saturated carbocycles. The Morgan fingerprint density at radius 2 is 1.52 bits per heavy atom. The number of pyridine rings is 1. The molecule has 3 aromatic heterocycles. The summed E-state index contributed by atoms with van der Waals surface area (Å²) in [5.41, 5.74) is 4.81. The number of rotatable bonds is 11. The van der Waals surface area contributed by atoms with E-state index in [2.05, 4.69) is 69.8 Å². The number of hydrogen-bond donors (Lipinski definition) is 1. The van der Waals surface area contributed by atoms with Gasteiger partial charge in [0.1, 0.15) is 17.2 Å². The van der Waals surface area contributed by atoms with E-state index in [9.17, 15) is 14.7 Å². The number of piperidine rings is 2. The molecule has 2 amide bonds. The molecule has 5 aliphatic rings. The van der Waals surface area contributed by atoms with E-state index in [1.807, 2.05) is 24.5 Å². The Hall–Kier alpha value is -5.08. The third-order valence-corrected chi connectivity index (χ3v) is 13.9. The molecule has 4 aromatic rings. The van der Waals surface area contributed by atoms with Gasteiger partial charge in [-0.05, 0) is 119 Å². The molecular formula is C46H60N11O3-. The van der Waals surface area contributed by atoms with Crippen LogP contribution >= 0.6 is 0 Å². The molecule has 4 fully saturated rings. The van der Waals surface area contributed by atoms with Crippen LogP contribution in [0.1, 0.15) is 98.6 Å². The van der Waals surface area contributed by atoms with E-state index in [-0.39, 0.29) is 29.7 Å². The summed E-state index contributed by atoms with van der Waals surface area (Å²) in [6, 6.07) is 15.4. The van der Waals surface area contributed by atoms with Gasteiger partial charge in [0.2, 0.25) is 11.9 Å². The molecule has 0 bridgehead atoms. The van der Waals surface area contributed by atoms with Gasteiger partial charge in [-0.1, -0.05) is 25.0 Å². The highest BCUT2D eigenvalue weighted by atomic mass is 16.3. The minimum absolute atomic E-state index is 0.0103. The summed E-state index contributed by atoms with van der Waals surface area (Å²) in [7, 11) is 3.59. The van der Waals surface area contributed by atoms with Gasteiger partial charge >= 0.3 is 0 Å². The number of aliphatic imine (C=N–C) groups is 1. The fourth-order valence-corrected chi connectivity index (χ4v) is 10.3. The molecule has 1 aliphatic carbocycles. The van der Waals surface area contributed by atoms with E-state index in [0.717, 1.165) is 80.3 Å². The van der Waals surface area contributed by atoms with Crippen molar-refractivity contribution in [3.05, 3.63) is 66.1 Å². The largest absolute Gasteiger partial charge is 0.861 e. The average molecular weight is 815 g/mol. The van der Waals surface area contributed by atoms with Crippen LogP contribution in [0.2, 0.25) is 0 Å². The fraction of sp³-hybridized carbons (Fsp3) is 0.565. The first-order chi connectivity index (χ1) is 29.3. The van der Waals surface area contributed by atoms with E-state index in [1.54, 1.807) is 19.0 Å². The zero-order valence-electron chi connectivity index (χ0n) is 35.3. The van der Waals surface area contributed by atoms with Gasteiger partial charge in [0.05, 0.1) is 11.9 Å². The van der Waals surface area contributed by atoms with Crippen LogP contribution in [0.5, 0.6) is 0 Å². The highest BCUT2D eigenvalue weighted by Gasteiger charge is 2.30. The maximum atomic E-state index is 13.1. The van der Waals surface area contributed by atoms with Crippen LogP contribution in [0.25, 0.3) is 11.0 Å². The number of carbonyl (C=O) groups is 2. The summed E-state index contributed by atoms with van der Waals surface area (Å²) in [5.74, 6) is 1.09. The van der Waals surface area contributed by atoms with E-state index < -0.39 is 0 Å².